The second kappa shape index (κ2) is 8.44. The number of rotatable bonds is 7. The maximum absolute atomic E-state index is 12.9. The third kappa shape index (κ3) is 4.67. The number of methoxy groups -OCH3 is 1. The van der Waals surface area contributed by atoms with E-state index in [0.29, 0.717) is 19.5 Å². The summed E-state index contributed by atoms with van der Waals surface area (Å²) >= 11 is 1.60. The highest BCUT2D eigenvalue weighted by Gasteiger charge is 2.17. The molecule has 0 N–H and O–H groups in total. The van der Waals surface area contributed by atoms with Crippen LogP contribution >= 0.6 is 11.3 Å². The van der Waals surface area contributed by atoms with Crippen LogP contribution in [0, 0.1) is 0 Å². The van der Waals surface area contributed by atoms with Crippen LogP contribution in [0.4, 0.5) is 0 Å². The number of amides is 1. The zero-order chi connectivity index (χ0) is 17.5. The smallest absolute Gasteiger partial charge is 0.228 e. The Morgan fingerprint density at radius 2 is 2.00 bits per heavy atom. The van der Waals surface area contributed by atoms with Crippen LogP contribution in [-0.4, -0.2) is 22.9 Å². The topological polar surface area (TPSA) is 42.4 Å². The first-order valence-electron chi connectivity index (χ1n) is 8.07. The molecule has 5 heteroatoms. The molecule has 3 rings (SSSR count). The molecule has 3 aromatic rings. The Morgan fingerprint density at radius 3 is 2.72 bits per heavy atom. The first-order chi connectivity index (χ1) is 12.3. The van der Waals surface area contributed by atoms with Gasteiger partial charge in [-0.2, -0.15) is 0 Å². The molecule has 1 aromatic carbocycles. The molecule has 0 aliphatic rings. The molecule has 25 heavy (non-hydrogen) atoms. The quantitative estimate of drug-likeness (QED) is 0.647. The van der Waals surface area contributed by atoms with Crippen molar-refractivity contribution in [3.63, 3.8) is 0 Å². The highest BCUT2D eigenvalue weighted by molar-refractivity contribution is 7.10. The van der Waals surface area contributed by atoms with Crippen molar-refractivity contribution >= 4 is 17.2 Å². The van der Waals surface area contributed by atoms with E-state index in [9.17, 15) is 4.79 Å². The number of carbonyl (C=O) groups excluding carboxylic acids is 1. The minimum absolute atomic E-state index is 0.0946. The Bertz CT molecular complexity index is 804. The van der Waals surface area contributed by atoms with Crippen LogP contribution < -0.4 is 4.74 Å². The van der Waals surface area contributed by atoms with Crippen molar-refractivity contribution in [2.45, 2.75) is 19.5 Å². The summed E-state index contributed by atoms with van der Waals surface area (Å²) in [5.74, 6) is 0.889. The van der Waals surface area contributed by atoms with Gasteiger partial charge in [0.2, 0.25) is 5.91 Å². The predicted octanol–water partition coefficient (Wildman–Crippen LogP) is 3.92. The fourth-order valence-electron chi connectivity index (χ4n) is 2.66. The van der Waals surface area contributed by atoms with Crippen molar-refractivity contribution in [2.75, 3.05) is 7.11 Å². The lowest BCUT2D eigenvalue weighted by Crippen LogP contribution is -2.31. The molecule has 1 amide bonds. The molecule has 0 aliphatic carbocycles. The lowest BCUT2D eigenvalue weighted by atomic mass is 10.1. The van der Waals surface area contributed by atoms with Crippen LogP contribution in [0.15, 0.2) is 66.3 Å². The molecule has 0 spiro atoms. The Hall–Kier alpha value is -2.66. The maximum atomic E-state index is 12.9. The second-order valence-corrected chi connectivity index (χ2v) is 6.71. The van der Waals surface area contributed by atoms with Crippen molar-refractivity contribution in [1.29, 1.82) is 0 Å². The van der Waals surface area contributed by atoms with Gasteiger partial charge in [-0.3, -0.25) is 9.78 Å². The molecule has 0 saturated heterocycles. The predicted molar refractivity (Wildman–Crippen MR) is 99.5 cm³/mol. The molecular weight excluding hydrogens is 332 g/mol. The molecule has 0 radical (unpaired) electrons. The van der Waals surface area contributed by atoms with Gasteiger partial charge in [0.15, 0.2) is 0 Å². The van der Waals surface area contributed by atoms with Crippen LogP contribution in [0.3, 0.4) is 0 Å². The lowest BCUT2D eigenvalue weighted by molar-refractivity contribution is -0.131. The summed E-state index contributed by atoms with van der Waals surface area (Å²) in [6.45, 7) is 1.03. The first kappa shape index (κ1) is 17.2. The standard InChI is InChI=1S/C20H20N2O2S/c1-24-19-9-3-2-7-17(19)15-22(14-16-6-4-10-21-13-16)20(23)12-18-8-5-11-25-18/h2-11,13H,12,14-15H2,1H3. The number of hydrogen-bond donors (Lipinski definition) is 0. The third-order valence-electron chi connectivity index (χ3n) is 3.91. The number of para-hydroxylation sites is 1. The Kier molecular flexibility index (Phi) is 5.80. The van der Waals surface area contributed by atoms with Crippen molar-refractivity contribution in [3.05, 3.63) is 82.3 Å². The van der Waals surface area contributed by atoms with Crippen molar-refractivity contribution < 1.29 is 9.53 Å². The average Bonchev–Trinajstić information content (AvgIpc) is 3.15. The van der Waals surface area contributed by atoms with E-state index in [2.05, 4.69) is 4.98 Å². The summed E-state index contributed by atoms with van der Waals surface area (Å²) in [4.78, 5) is 20.0. The summed E-state index contributed by atoms with van der Waals surface area (Å²) < 4.78 is 5.43. The van der Waals surface area contributed by atoms with E-state index in [1.165, 1.54) is 0 Å². The Labute approximate surface area is 151 Å². The molecule has 0 fully saturated rings. The van der Waals surface area contributed by atoms with E-state index in [-0.39, 0.29) is 5.91 Å². The van der Waals surface area contributed by atoms with E-state index in [1.807, 2.05) is 58.8 Å². The minimum atomic E-state index is 0.0946. The van der Waals surface area contributed by atoms with Crippen LogP contribution in [0.25, 0.3) is 0 Å². The van der Waals surface area contributed by atoms with E-state index in [0.717, 1.165) is 21.8 Å². The molecule has 128 valence electrons. The zero-order valence-corrected chi connectivity index (χ0v) is 14.9. The van der Waals surface area contributed by atoms with Gasteiger partial charge in [-0.25, -0.2) is 0 Å². The molecule has 4 nitrogen and oxygen atoms in total. The fourth-order valence-corrected chi connectivity index (χ4v) is 3.35. The van der Waals surface area contributed by atoms with Crippen molar-refractivity contribution in [3.8, 4) is 5.75 Å². The van der Waals surface area contributed by atoms with Crippen LogP contribution in [0.5, 0.6) is 5.75 Å². The van der Waals surface area contributed by atoms with Gasteiger partial charge in [-0.1, -0.05) is 30.3 Å². The summed E-state index contributed by atoms with van der Waals surface area (Å²) in [5.41, 5.74) is 2.00. The number of nitrogens with zero attached hydrogens (tertiary/aromatic N) is 2. The van der Waals surface area contributed by atoms with Crippen LogP contribution in [-0.2, 0) is 24.3 Å². The van der Waals surface area contributed by atoms with Gasteiger partial charge >= 0.3 is 0 Å². The number of benzene rings is 1. The first-order valence-corrected chi connectivity index (χ1v) is 8.95. The Morgan fingerprint density at radius 1 is 1.12 bits per heavy atom. The summed E-state index contributed by atoms with van der Waals surface area (Å²) in [6, 6.07) is 15.6. The molecule has 2 heterocycles. The number of thiophene rings is 1. The highest BCUT2D eigenvalue weighted by atomic mass is 32.1. The molecule has 0 saturated carbocycles. The highest BCUT2D eigenvalue weighted by Crippen LogP contribution is 2.21. The fraction of sp³-hybridized carbons (Fsp3) is 0.200. The van der Waals surface area contributed by atoms with Gasteiger partial charge < -0.3 is 9.64 Å². The van der Waals surface area contributed by atoms with E-state index < -0.39 is 0 Å². The van der Waals surface area contributed by atoms with E-state index in [4.69, 9.17) is 4.74 Å². The zero-order valence-electron chi connectivity index (χ0n) is 14.1. The SMILES string of the molecule is COc1ccccc1CN(Cc1cccnc1)C(=O)Cc1cccs1. The maximum Gasteiger partial charge on any atom is 0.228 e. The van der Waals surface area contributed by atoms with E-state index in [1.54, 1.807) is 30.8 Å². The van der Waals surface area contributed by atoms with Crippen LogP contribution in [0.1, 0.15) is 16.0 Å². The van der Waals surface area contributed by atoms with Crippen molar-refractivity contribution in [1.82, 2.24) is 9.88 Å². The number of pyridine rings is 1. The van der Waals surface area contributed by atoms with Gasteiger partial charge in [-0.05, 0) is 29.1 Å². The van der Waals surface area contributed by atoms with Gasteiger partial charge in [0.1, 0.15) is 5.75 Å². The number of aromatic nitrogens is 1. The summed E-state index contributed by atoms with van der Waals surface area (Å²) in [7, 11) is 1.65. The van der Waals surface area contributed by atoms with Crippen LogP contribution in [0.2, 0.25) is 0 Å². The third-order valence-corrected chi connectivity index (χ3v) is 4.78. The summed E-state index contributed by atoms with van der Waals surface area (Å²) in [6.07, 6.45) is 3.95. The van der Waals surface area contributed by atoms with Gasteiger partial charge in [0.25, 0.3) is 0 Å². The van der Waals surface area contributed by atoms with Gasteiger partial charge in [0.05, 0.1) is 13.5 Å². The van der Waals surface area contributed by atoms with Gasteiger partial charge in [-0.15, -0.1) is 11.3 Å². The van der Waals surface area contributed by atoms with Gasteiger partial charge in [0, 0.05) is 35.9 Å². The van der Waals surface area contributed by atoms with E-state index >= 15 is 0 Å². The Balaban J connectivity index is 1.81. The summed E-state index contributed by atoms with van der Waals surface area (Å²) in [5, 5.41) is 1.99. The largest absolute Gasteiger partial charge is 0.496 e. The molecule has 0 atom stereocenters. The molecule has 0 aliphatic heterocycles. The second-order valence-electron chi connectivity index (χ2n) is 5.68. The molecular formula is C20H20N2O2S. The molecule has 0 unspecified atom stereocenters. The minimum Gasteiger partial charge on any atom is -0.496 e. The average molecular weight is 352 g/mol. The van der Waals surface area contributed by atoms with Crippen molar-refractivity contribution in [2.24, 2.45) is 0 Å². The monoisotopic (exact) mass is 352 g/mol. The molecule has 0 bridgehead atoms. The number of carbonyl (C=O) groups is 1. The molecule has 2 aromatic heterocycles. The normalized spacial score (nSPS) is 10.4. The lowest BCUT2D eigenvalue weighted by Gasteiger charge is -2.24. The number of ether oxygens (including phenoxy) is 1. The number of hydrogen-bond acceptors (Lipinski definition) is 4.